The number of fused-ring (bicyclic) bond motifs is 1. The fourth-order valence-electron chi connectivity index (χ4n) is 2.41. The zero-order valence-electron chi connectivity index (χ0n) is 10.9. The van der Waals surface area contributed by atoms with E-state index in [1.54, 1.807) is 12.1 Å². The van der Waals surface area contributed by atoms with Crippen LogP contribution in [0.25, 0.3) is 5.65 Å². The predicted molar refractivity (Wildman–Crippen MR) is 72.0 cm³/mol. The molecule has 2 aromatic rings. The first kappa shape index (κ1) is 13.2. The van der Waals surface area contributed by atoms with Crippen LogP contribution in [0, 0.1) is 0 Å². The lowest BCUT2D eigenvalue weighted by atomic mass is 9.92. The van der Waals surface area contributed by atoms with E-state index in [4.69, 9.17) is 0 Å². The van der Waals surface area contributed by atoms with Gasteiger partial charge in [0.25, 0.3) is 5.56 Å². The largest absolute Gasteiger partial charge is 0.298 e. The minimum absolute atomic E-state index is 0.187. The van der Waals surface area contributed by atoms with Crippen molar-refractivity contribution >= 4 is 23.7 Å². The van der Waals surface area contributed by atoms with Crippen LogP contribution in [0.3, 0.4) is 0 Å². The van der Waals surface area contributed by atoms with E-state index in [0.29, 0.717) is 17.5 Å². The summed E-state index contributed by atoms with van der Waals surface area (Å²) in [6, 6.07) is 3.11. The van der Waals surface area contributed by atoms with Gasteiger partial charge in [-0.3, -0.25) is 28.9 Å². The van der Waals surface area contributed by atoms with Crippen molar-refractivity contribution in [3.8, 4) is 0 Å². The van der Waals surface area contributed by atoms with Gasteiger partial charge in [-0.05, 0) is 18.6 Å². The Morgan fingerprint density at radius 1 is 1.29 bits per heavy atom. The monoisotopic (exact) mass is 285 g/mol. The van der Waals surface area contributed by atoms with Crippen LogP contribution in [0.4, 0.5) is 0 Å². The van der Waals surface area contributed by atoms with Crippen molar-refractivity contribution in [2.24, 2.45) is 0 Å². The van der Waals surface area contributed by atoms with Crippen molar-refractivity contribution in [1.29, 1.82) is 0 Å². The quantitative estimate of drug-likeness (QED) is 0.620. The molecule has 0 spiro atoms. The highest BCUT2D eigenvalue weighted by atomic mass is 16.2. The van der Waals surface area contributed by atoms with Crippen molar-refractivity contribution in [2.75, 3.05) is 0 Å². The van der Waals surface area contributed by atoms with E-state index in [-0.39, 0.29) is 24.3 Å². The molecule has 2 aromatic heterocycles. The lowest BCUT2D eigenvalue weighted by Gasteiger charge is -2.20. The standard InChI is InChI=1S/C14H11N3O4/c18-7-8-1-3-11-15-5-10(14(21)17(11)6-8)9-2-4-12(19)16-13(9)20/h1,3,5-7,9H,2,4H2,(H,16,19,20). The maximum absolute atomic E-state index is 12.5. The van der Waals surface area contributed by atoms with Crippen LogP contribution in [0.2, 0.25) is 0 Å². The van der Waals surface area contributed by atoms with Gasteiger partial charge in [-0.15, -0.1) is 0 Å². The van der Waals surface area contributed by atoms with E-state index < -0.39 is 17.4 Å². The van der Waals surface area contributed by atoms with Crippen LogP contribution in [0.15, 0.2) is 29.3 Å². The Morgan fingerprint density at radius 2 is 2.10 bits per heavy atom. The molecule has 3 rings (SSSR count). The fourth-order valence-corrected chi connectivity index (χ4v) is 2.41. The second-order valence-electron chi connectivity index (χ2n) is 4.83. The number of hydrogen-bond donors (Lipinski definition) is 1. The molecule has 1 atom stereocenters. The first-order valence-electron chi connectivity index (χ1n) is 6.40. The van der Waals surface area contributed by atoms with Gasteiger partial charge < -0.3 is 0 Å². The highest BCUT2D eigenvalue weighted by Crippen LogP contribution is 2.21. The highest BCUT2D eigenvalue weighted by Gasteiger charge is 2.30. The zero-order chi connectivity index (χ0) is 15.0. The number of rotatable bonds is 2. The maximum atomic E-state index is 12.5. The van der Waals surface area contributed by atoms with Crippen molar-refractivity contribution in [3.05, 3.63) is 46.0 Å². The third kappa shape index (κ3) is 2.22. The molecule has 0 saturated carbocycles. The summed E-state index contributed by atoms with van der Waals surface area (Å²) in [6.45, 7) is 0. The van der Waals surface area contributed by atoms with Crippen molar-refractivity contribution in [3.63, 3.8) is 0 Å². The molecule has 0 aromatic carbocycles. The number of carbonyl (C=O) groups excluding carboxylic acids is 3. The van der Waals surface area contributed by atoms with Gasteiger partial charge in [0.2, 0.25) is 11.8 Å². The summed E-state index contributed by atoms with van der Waals surface area (Å²) in [7, 11) is 0. The van der Waals surface area contributed by atoms with Gasteiger partial charge in [0, 0.05) is 29.9 Å². The van der Waals surface area contributed by atoms with Gasteiger partial charge in [0.1, 0.15) is 5.65 Å². The Morgan fingerprint density at radius 3 is 2.81 bits per heavy atom. The third-order valence-electron chi connectivity index (χ3n) is 3.50. The Kier molecular flexibility index (Phi) is 3.09. The summed E-state index contributed by atoms with van der Waals surface area (Å²) in [5.41, 5.74) is 0.548. The molecule has 1 unspecified atom stereocenters. The molecule has 7 nitrogen and oxygen atoms in total. The second-order valence-corrected chi connectivity index (χ2v) is 4.83. The number of nitrogens with one attached hydrogen (secondary N) is 1. The Bertz CT molecular complexity index is 825. The molecule has 1 fully saturated rings. The van der Waals surface area contributed by atoms with Gasteiger partial charge in [-0.2, -0.15) is 0 Å². The topological polar surface area (TPSA) is 97.6 Å². The SMILES string of the molecule is O=Cc1ccc2ncc(C3CCC(=O)NC3=O)c(=O)n2c1. The predicted octanol–water partition coefficient (Wildman–Crippen LogP) is 0.0272. The molecule has 0 aliphatic carbocycles. The molecule has 21 heavy (non-hydrogen) atoms. The number of nitrogens with zero attached hydrogens (tertiary/aromatic N) is 2. The molecule has 3 heterocycles. The average Bonchev–Trinajstić information content (AvgIpc) is 2.48. The van der Waals surface area contributed by atoms with Gasteiger partial charge in [-0.1, -0.05) is 0 Å². The van der Waals surface area contributed by atoms with Crippen LogP contribution >= 0.6 is 0 Å². The molecule has 106 valence electrons. The molecular formula is C14H11N3O4. The van der Waals surface area contributed by atoms with Gasteiger partial charge in [-0.25, -0.2) is 4.98 Å². The van der Waals surface area contributed by atoms with E-state index in [1.807, 2.05) is 0 Å². The van der Waals surface area contributed by atoms with E-state index in [2.05, 4.69) is 10.3 Å². The van der Waals surface area contributed by atoms with Gasteiger partial charge in [0.05, 0.1) is 5.92 Å². The van der Waals surface area contributed by atoms with Gasteiger partial charge >= 0.3 is 0 Å². The third-order valence-corrected chi connectivity index (χ3v) is 3.50. The van der Waals surface area contributed by atoms with Crippen LogP contribution in [-0.2, 0) is 9.59 Å². The van der Waals surface area contributed by atoms with Crippen molar-refractivity contribution < 1.29 is 14.4 Å². The molecular weight excluding hydrogens is 274 g/mol. The summed E-state index contributed by atoms with van der Waals surface area (Å²) >= 11 is 0. The minimum atomic E-state index is -0.695. The maximum Gasteiger partial charge on any atom is 0.261 e. The molecule has 0 radical (unpaired) electrons. The van der Waals surface area contributed by atoms with E-state index in [9.17, 15) is 19.2 Å². The fraction of sp³-hybridized carbons (Fsp3) is 0.214. The number of pyridine rings is 1. The summed E-state index contributed by atoms with van der Waals surface area (Å²) < 4.78 is 1.24. The molecule has 1 N–H and O–H groups in total. The summed E-state index contributed by atoms with van der Waals surface area (Å²) in [5, 5.41) is 2.22. The molecule has 1 saturated heterocycles. The lowest BCUT2D eigenvalue weighted by molar-refractivity contribution is -0.134. The van der Waals surface area contributed by atoms with Crippen molar-refractivity contribution in [1.82, 2.24) is 14.7 Å². The van der Waals surface area contributed by atoms with Crippen LogP contribution in [-0.4, -0.2) is 27.5 Å². The number of aromatic nitrogens is 2. The smallest absolute Gasteiger partial charge is 0.261 e. The number of piperidine rings is 1. The summed E-state index contributed by atoms with van der Waals surface area (Å²) in [5.74, 6) is -1.52. The highest BCUT2D eigenvalue weighted by molar-refractivity contribution is 6.00. The summed E-state index contributed by atoms with van der Waals surface area (Å²) in [6.07, 6.45) is 3.84. The first-order chi connectivity index (χ1) is 10.1. The van der Waals surface area contributed by atoms with E-state index >= 15 is 0 Å². The van der Waals surface area contributed by atoms with Crippen LogP contribution < -0.4 is 10.9 Å². The minimum Gasteiger partial charge on any atom is -0.298 e. The Balaban J connectivity index is 2.13. The number of carbonyl (C=O) groups is 3. The number of amides is 2. The average molecular weight is 285 g/mol. The number of hydrogen-bond acceptors (Lipinski definition) is 5. The van der Waals surface area contributed by atoms with Gasteiger partial charge in [0.15, 0.2) is 6.29 Å². The molecule has 2 amide bonds. The number of aldehydes is 1. The lowest BCUT2D eigenvalue weighted by Crippen LogP contribution is -2.41. The first-order valence-corrected chi connectivity index (χ1v) is 6.40. The summed E-state index contributed by atoms with van der Waals surface area (Å²) in [4.78, 5) is 50.4. The van der Waals surface area contributed by atoms with E-state index in [1.165, 1.54) is 16.8 Å². The normalized spacial score (nSPS) is 18.6. The second kappa shape index (κ2) is 4.93. The van der Waals surface area contributed by atoms with E-state index in [0.717, 1.165) is 0 Å². The van der Waals surface area contributed by atoms with Crippen LogP contribution in [0.1, 0.15) is 34.7 Å². The molecule has 1 aliphatic heterocycles. The molecule has 1 aliphatic rings. The number of imide groups is 1. The zero-order valence-corrected chi connectivity index (χ0v) is 10.9. The molecule has 7 heteroatoms. The Hall–Kier alpha value is -2.83. The Labute approximate surface area is 118 Å². The molecule has 0 bridgehead atoms. The van der Waals surface area contributed by atoms with Crippen LogP contribution in [0.5, 0.6) is 0 Å². The van der Waals surface area contributed by atoms with Crippen molar-refractivity contribution in [2.45, 2.75) is 18.8 Å².